The first kappa shape index (κ1) is 33.1. The molecule has 222 valence electrons. The maximum atomic E-state index is 5.41. The number of nitrogens with zero attached hydrogens (tertiary/aromatic N) is 2. The third-order valence-corrected chi connectivity index (χ3v) is 10.4. The zero-order chi connectivity index (χ0) is 29.5. The monoisotopic (exact) mass is 667 g/mol. The molecule has 6 rings (SSSR count). The standard InChI is InChI=1S/C36H33N2P.CH4.2ClH.Fe/c1-25(2)30-20-10-13-26(3)34(30)38-36-32-22-12-15-27-14-11-21-31(33(27)32)35(36)37-23-24-39(28-16-6-4-7-17-28)29-18-8-5-9-19-29;;;;/h4-22,25H,23-24H2,1-3H3;1H4;2*1H;/q;;;;+2/p-1. The summed E-state index contributed by atoms with van der Waals surface area (Å²) in [6.45, 7) is 7.42. The number of aliphatic imine (C=N–C) groups is 2. The van der Waals surface area contributed by atoms with Crippen LogP contribution in [0.15, 0.2) is 125 Å². The van der Waals surface area contributed by atoms with E-state index in [2.05, 4.69) is 136 Å². The first-order valence-corrected chi connectivity index (χ1v) is 18.9. The van der Waals surface area contributed by atoms with Gasteiger partial charge in [-0.05, 0) is 53.6 Å². The molecule has 0 heterocycles. The summed E-state index contributed by atoms with van der Waals surface area (Å²) < 4.78 is 0. The summed E-state index contributed by atoms with van der Waals surface area (Å²) in [6.07, 6.45) is 1.03. The van der Waals surface area contributed by atoms with Crippen molar-refractivity contribution >= 4 is 66.6 Å². The second kappa shape index (κ2) is 15.8. The van der Waals surface area contributed by atoms with Gasteiger partial charge in [0.1, 0.15) is 0 Å². The molecule has 5 aromatic carbocycles. The van der Waals surface area contributed by atoms with Gasteiger partial charge in [-0.2, -0.15) is 0 Å². The van der Waals surface area contributed by atoms with Crippen LogP contribution in [0.2, 0.25) is 0 Å². The van der Waals surface area contributed by atoms with Crippen molar-refractivity contribution in [1.29, 1.82) is 0 Å². The second-order valence-corrected chi connectivity index (χ2v) is 15.0. The van der Waals surface area contributed by atoms with E-state index in [1.54, 1.807) is 0 Å². The molecule has 0 saturated heterocycles. The van der Waals surface area contributed by atoms with Crippen molar-refractivity contribution in [2.45, 2.75) is 34.1 Å². The number of halogens is 2. The van der Waals surface area contributed by atoms with E-state index in [0.29, 0.717) is 5.92 Å². The summed E-state index contributed by atoms with van der Waals surface area (Å²) in [5, 5.41) is 5.38. The van der Waals surface area contributed by atoms with Gasteiger partial charge in [0.15, 0.2) is 0 Å². The van der Waals surface area contributed by atoms with Gasteiger partial charge in [0, 0.05) is 16.5 Å². The van der Waals surface area contributed by atoms with E-state index in [1.807, 2.05) is 0 Å². The Morgan fingerprint density at radius 3 is 1.79 bits per heavy atom. The molecule has 0 unspecified atom stereocenters. The minimum atomic E-state index is -0.956. The molecular formula is C37H38Cl2FeN2P+. The van der Waals surface area contributed by atoms with Crippen LogP contribution in [0, 0.1) is 6.92 Å². The van der Waals surface area contributed by atoms with Crippen molar-refractivity contribution in [3.8, 4) is 0 Å². The Morgan fingerprint density at radius 1 is 0.698 bits per heavy atom. The molecule has 43 heavy (non-hydrogen) atoms. The van der Waals surface area contributed by atoms with Crippen LogP contribution >= 0.6 is 28.1 Å². The van der Waals surface area contributed by atoms with Gasteiger partial charge in [-0.15, -0.1) is 0 Å². The zero-order valence-electron chi connectivity index (χ0n) is 24.0. The summed E-state index contributed by atoms with van der Waals surface area (Å²) in [5.74, 6) is 0.395. The number of benzene rings is 5. The van der Waals surface area contributed by atoms with Gasteiger partial charge in [0.05, 0.1) is 48.3 Å². The van der Waals surface area contributed by atoms with Crippen molar-refractivity contribution in [3.05, 3.63) is 138 Å². The Hall–Kier alpha value is -2.77. The number of rotatable bonds is 7. The predicted molar refractivity (Wildman–Crippen MR) is 191 cm³/mol. The van der Waals surface area contributed by atoms with Crippen LogP contribution in [0.4, 0.5) is 5.69 Å². The summed E-state index contributed by atoms with van der Waals surface area (Å²) in [5.41, 5.74) is 8.00. The van der Waals surface area contributed by atoms with Crippen molar-refractivity contribution in [2.75, 3.05) is 12.7 Å². The molecule has 2 nitrogen and oxygen atoms in total. The van der Waals surface area contributed by atoms with E-state index in [-0.39, 0.29) is 20.6 Å². The first-order chi connectivity index (χ1) is 20.5. The van der Waals surface area contributed by atoms with Gasteiger partial charge in [-0.3, -0.25) is 4.99 Å². The van der Waals surface area contributed by atoms with E-state index in [4.69, 9.17) is 30.2 Å². The Kier molecular flexibility index (Phi) is 12.2. The van der Waals surface area contributed by atoms with E-state index < -0.39 is 7.92 Å². The van der Waals surface area contributed by atoms with E-state index >= 15 is 0 Å². The fourth-order valence-electron chi connectivity index (χ4n) is 5.69. The second-order valence-electron chi connectivity index (χ2n) is 10.6. The van der Waals surface area contributed by atoms with Crippen molar-refractivity contribution in [3.63, 3.8) is 0 Å². The van der Waals surface area contributed by atoms with Gasteiger partial charge in [0.2, 0.25) is 0 Å². The molecular weight excluding hydrogens is 630 g/mol. The Balaban J connectivity index is 0.00000102. The molecule has 0 saturated carbocycles. The Labute approximate surface area is 272 Å². The topological polar surface area (TPSA) is 24.7 Å². The summed E-state index contributed by atoms with van der Waals surface area (Å²) in [7, 11) is 8.57. The Morgan fingerprint density at radius 2 is 1.23 bits per heavy atom. The van der Waals surface area contributed by atoms with Gasteiger partial charge < -0.3 is 0 Å². The molecule has 1 aliphatic rings. The van der Waals surface area contributed by atoms with E-state index in [9.17, 15) is 0 Å². The SMILES string of the molecule is C.Cc1cccc(C(C)C)c1N=C1C(=NCC[PH+](c2ccccc2)c2ccccc2)c2cccc3cccc1c23.[Cl][Fe][Cl]. The third-order valence-electron chi connectivity index (χ3n) is 7.63. The van der Waals surface area contributed by atoms with Crippen LogP contribution in [0.5, 0.6) is 0 Å². The summed E-state index contributed by atoms with van der Waals surface area (Å²) in [4.78, 5) is 10.8. The van der Waals surface area contributed by atoms with Gasteiger partial charge >= 0.3 is 33.3 Å². The molecule has 0 aliphatic heterocycles. The normalized spacial score (nSPS) is 13.9. The number of hydrogen-bond acceptors (Lipinski definition) is 2. The fourth-order valence-corrected chi connectivity index (χ4v) is 8.13. The van der Waals surface area contributed by atoms with Crippen LogP contribution in [0.3, 0.4) is 0 Å². The molecule has 0 atom stereocenters. The van der Waals surface area contributed by atoms with Crippen LogP contribution in [0.1, 0.15) is 49.4 Å². The number of hydrogen-bond donors (Lipinski definition) is 0. The zero-order valence-corrected chi connectivity index (χ0v) is 27.6. The molecule has 0 radical (unpaired) electrons. The molecule has 0 N–H and O–H groups in total. The van der Waals surface area contributed by atoms with E-state index in [1.165, 1.54) is 43.6 Å². The molecule has 0 fully saturated rings. The molecule has 0 spiro atoms. The molecule has 0 aromatic heterocycles. The molecule has 1 aliphatic carbocycles. The van der Waals surface area contributed by atoms with Gasteiger partial charge in [-0.25, -0.2) is 4.99 Å². The molecule has 0 bridgehead atoms. The van der Waals surface area contributed by atoms with Crippen LogP contribution < -0.4 is 10.6 Å². The number of para-hydroxylation sites is 1. The maximum absolute atomic E-state index is 5.41. The van der Waals surface area contributed by atoms with Crippen molar-refractivity contribution in [1.82, 2.24) is 0 Å². The molecule has 6 heteroatoms. The van der Waals surface area contributed by atoms with Crippen LogP contribution in [-0.4, -0.2) is 24.1 Å². The molecule has 5 aromatic rings. The van der Waals surface area contributed by atoms with Gasteiger partial charge in [0.25, 0.3) is 0 Å². The molecule has 0 amide bonds. The van der Waals surface area contributed by atoms with Crippen LogP contribution in [-0.2, 0) is 13.1 Å². The van der Waals surface area contributed by atoms with Crippen molar-refractivity contribution < 1.29 is 13.1 Å². The first-order valence-electron chi connectivity index (χ1n) is 14.1. The number of aryl methyl sites for hydroxylation is 1. The van der Waals surface area contributed by atoms with E-state index in [0.717, 1.165) is 29.8 Å². The van der Waals surface area contributed by atoms with Gasteiger partial charge in [-0.1, -0.05) is 112 Å². The predicted octanol–water partition coefficient (Wildman–Crippen LogP) is 10.1. The quantitative estimate of drug-likeness (QED) is 0.122. The Bertz CT molecular complexity index is 1670. The van der Waals surface area contributed by atoms with Crippen LogP contribution in [0.25, 0.3) is 10.8 Å². The van der Waals surface area contributed by atoms with Crippen molar-refractivity contribution in [2.24, 2.45) is 9.98 Å². The summed E-state index contributed by atoms with van der Waals surface area (Å²) >= 11 is 0.194. The third kappa shape index (κ3) is 7.49. The summed E-state index contributed by atoms with van der Waals surface area (Å²) in [6, 6.07) is 41.6. The average Bonchev–Trinajstić information content (AvgIpc) is 3.31. The fraction of sp³-hybridized carbons (Fsp3) is 0.189. The minimum absolute atomic E-state index is 0. The average molecular weight is 668 g/mol.